The predicted molar refractivity (Wildman–Crippen MR) is 65.6 cm³/mol. The van der Waals surface area contributed by atoms with Crippen molar-refractivity contribution in [2.45, 2.75) is 19.9 Å². The molecule has 0 saturated heterocycles. The number of urea groups is 1. The molecule has 0 aliphatic heterocycles. The number of thioether (sulfide) groups is 1. The van der Waals surface area contributed by atoms with Crippen LogP contribution in [0, 0.1) is 0 Å². The van der Waals surface area contributed by atoms with Gasteiger partial charge in [-0.2, -0.15) is 11.8 Å². The number of hydrogen-bond acceptors (Lipinski definition) is 4. The van der Waals surface area contributed by atoms with Gasteiger partial charge in [-0.15, -0.1) is 0 Å². The topological polar surface area (TPSA) is 58.6 Å². The Labute approximate surface area is 101 Å². The lowest BCUT2D eigenvalue weighted by atomic mass is 10.3. The van der Waals surface area contributed by atoms with Crippen LogP contribution in [0.25, 0.3) is 0 Å². The van der Waals surface area contributed by atoms with Gasteiger partial charge >= 0.3 is 12.0 Å². The Morgan fingerprint density at radius 1 is 1.50 bits per heavy atom. The van der Waals surface area contributed by atoms with Crippen LogP contribution in [0.15, 0.2) is 0 Å². The fourth-order valence-corrected chi connectivity index (χ4v) is 1.74. The third kappa shape index (κ3) is 5.85. The van der Waals surface area contributed by atoms with Gasteiger partial charge in [0.05, 0.1) is 6.61 Å². The van der Waals surface area contributed by atoms with E-state index in [0.717, 1.165) is 5.75 Å². The van der Waals surface area contributed by atoms with Crippen LogP contribution in [0.2, 0.25) is 0 Å². The third-order valence-electron chi connectivity index (χ3n) is 2.08. The van der Waals surface area contributed by atoms with Gasteiger partial charge in [0.15, 0.2) is 0 Å². The molecule has 6 heteroatoms. The smallest absolute Gasteiger partial charge is 0.325 e. The highest BCUT2D eigenvalue weighted by Gasteiger charge is 2.15. The van der Waals surface area contributed by atoms with E-state index in [9.17, 15) is 9.59 Å². The second-order valence-corrected chi connectivity index (χ2v) is 4.29. The summed E-state index contributed by atoms with van der Waals surface area (Å²) >= 11 is 1.67. The Morgan fingerprint density at radius 2 is 2.12 bits per heavy atom. The summed E-state index contributed by atoms with van der Waals surface area (Å²) in [5.74, 6) is 0.449. The summed E-state index contributed by atoms with van der Waals surface area (Å²) in [6, 6.07) is -0.119. The lowest BCUT2D eigenvalue weighted by Gasteiger charge is -2.24. The van der Waals surface area contributed by atoms with Gasteiger partial charge in [0.2, 0.25) is 0 Å². The molecule has 1 unspecified atom stereocenters. The van der Waals surface area contributed by atoms with Gasteiger partial charge in [-0.25, -0.2) is 4.79 Å². The standard InChI is InChI=1S/C10H20N2O3S/c1-5-15-9(13)6-11-10(14)12(3)8(2)7-16-4/h8H,5-7H2,1-4H3,(H,11,14). The number of nitrogens with one attached hydrogen (secondary N) is 1. The molecule has 0 aliphatic rings. The molecule has 94 valence electrons. The zero-order valence-corrected chi connectivity index (χ0v) is 11.1. The minimum atomic E-state index is -0.415. The first-order valence-electron chi connectivity index (χ1n) is 5.18. The van der Waals surface area contributed by atoms with Gasteiger partial charge in [-0.3, -0.25) is 4.79 Å². The highest BCUT2D eigenvalue weighted by atomic mass is 32.2. The number of carbonyl (C=O) groups excluding carboxylic acids is 2. The van der Waals surface area contributed by atoms with Crippen LogP contribution in [0.3, 0.4) is 0 Å². The first kappa shape index (κ1) is 15.1. The van der Waals surface area contributed by atoms with E-state index in [1.54, 1.807) is 30.6 Å². The number of rotatable bonds is 6. The second-order valence-electron chi connectivity index (χ2n) is 3.38. The molecule has 0 aromatic carbocycles. The van der Waals surface area contributed by atoms with Gasteiger partial charge in [0.1, 0.15) is 6.54 Å². The first-order chi connectivity index (χ1) is 7.52. The molecule has 5 nitrogen and oxygen atoms in total. The summed E-state index contributed by atoms with van der Waals surface area (Å²) in [5.41, 5.74) is 0. The molecule has 0 aromatic rings. The minimum Gasteiger partial charge on any atom is -0.465 e. The summed E-state index contributed by atoms with van der Waals surface area (Å²) in [6.07, 6.45) is 1.99. The molecule has 1 N–H and O–H groups in total. The van der Waals surface area contributed by atoms with Gasteiger partial charge in [-0.05, 0) is 20.1 Å². The summed E-state index contributed by atoms with van der Waals surface area (Å²) in [7, 11) is 1.71. The van der Waals surface area contributed by atoms with Crippen LogP contribution in [-0.2, 0) is 9.53 Å². The highest BCUT2D eigenvalue weighted by molar-refractivity contribution is 7.98. The van der Waals surface area contributed by atoms with Crippen molar-refractivity contribution in [3.63, 3.8) is 0 Å². The van der Waals surface area contributed by atoms with Crippen LogP contribution >= 0.6 is 11.8 Å². The number of nitrogens with zero attached hydrogens (tertiary/aromatic N) is 1. The van der Waals surface area contributed by atoms with Crippen molar-refractivity contribution in [3.8, 4) is 0 Å². The normalized spacial score (nSPS) is 11.8. The Balaban J connectivity index is 3.91. The van der Waals surface area contributed by atoms with Crippen LogP contribution in [0.4, 0.5) is 4.79 Å². The van der Waals surface area contributed by atoms with E-state index in [0.29, 0.717) is 6.61 Å². The lowest BCUT2D eigenvalue weighted by molar-refractivity contribution is -0.141. The van der Waals surface area contributed by atoms with Crippen LogP contribution in [0.1, 0.15) is 13.8 Å². The van der Waals surface area contributed by atoms with Crippen molar-refractivity contribution in [2.24, 2.45) is 0 Å². The maximum Gasteiger partial charge on any atom is 0.325 e. The number of hydrogen-bond donors (Lipinski definition) is 1. The van der Waals surface area contributed by atoms with Crippen LogP contribution in [0.5, 0.6) is 0 Å². The van der Waals surface area contributed by atoms with Crippen molar-refractivity contribution < 1.29 is 14.3 Å². The number of ether oxygens (including phenoxy) is 1. The molecular weight excluding hydrogens is 228 g/mol. The fraction of sp³-hybridized carbons (Fsp3) is 0.800. The molecule has 16 heavy (non-hydrogen) atoms. The molecule has 1 atom stereocenters. The summed E-state index contributed by atoms with van der Waals surface area (Å²) < 4.78 is 4.70. The Morgan fingerprint density at radius 3 is 2.62 bits per heavy atom. The molecule has 0 heterocycles. The SMILES string of the molecule is CCOC(=O)CNC(=O)N(C)C(C)CSC. The van der Waals surface area contributed by atoms with Gasteiger partial charge in [-0.1, -0.05) is 0 Å². The van der Waals surface area contributed by atoms with Crippen molar-refractivity contribution in [2.75, 3.05) is 32.2 Å². The van der Waals surface area contributed by atoms with Gasteiger partial charge in [0, 0.05) is 18.8 Å². The number of carbonyl (C=O) groups is 2. The van der Waals surface area contributed by atoms with E-state index < -0.39 is 5.97 Å². The molecular formula is C10H20N2O3S. The molecule has 0 fully saturated rings. The maximum atomic E-state index is 11.6. The zero-order chi connectivity index (χ0) is 12.6. The van der Waals surface area contributed by atoms with Crippen LogP contribution < -0.4 is 5.32 Å². The summed E-state index contributed by atoms with van der Waals surface area (Å²) in [4.78, 5) is 24.2. The van der Waals surface area contributed by atoms with E-state index in [2.05, 4.69) is 5.32 Å². The fourth-order valence-electron chi connectivity index (χ4n) is 1.04. The van der Waals surface area contributed by atoms with Crippen LogP contribution in [-0.4, -0.2) is 55.2 Å². The van der Waals surface area contributed by atoms with Crippen molar-refractivity contribution >= 4 is 23.8 Å². The Hall–Kier alpha value is -0.910. The average molecular weight is 248 g/mol. The molecule has 0 aliphatic carbocycles. The van der Waals surface area contributed by atoms with E-state index in [1.165, 1.54) is 0 Å². The van der Waals surface area contributed by atoms with Crippen molar-refractivity contribution in [1.82, 2.24) is 10.2 Å². The maximum absolute atomic E-state index is 11.6. The Kier molecular flexibility index (Phi) is 7.80. The zero-order valence-electron chi connectivity index (χ0n) is 10.3. The molecule has 0 rings (SSSR count). The van der Waals surface area contributed by atoms with Crippen molar-refractivity contribution in [3.05, 3.63) is 0 Å². The molecule has 0 radical (unpaired) electrons. The van der Waals surface area contributed by atoms with Crippen molar-refractivity contribution in [1.29, 1.82) is 0 Å². The van der Waals surface area contributed by atoms with E-state index in [-0.39, 0.29) is 18.6 Å². The van der Waals surface area contributed by atoms with E-state index >= 15 is 0 Å². The second kappa shape index (κ2) is 8.27. The minimum absolute atomic E-state index is 0.0804. The summed E-state index contributed by atoms with van der Waals surface area (Å²) in [6.45, 7) is 3.93. The number of amides is 2. The largest absolute Gasteiger partial charge is 0.465 e. The average Bonchev–Trinajstić information content (AvgIpc) is 2.25. The van der Waals surface area contributed by atoms with Gasteiger partial charge < -0.3 is 15.0 Å². The molecule has 0 aromatic heterocycles. The lowest BCUT2D eigenvalue weighted by Crippen LogP contribution is -2.45. The van der Waals surface area contributed by atoms with E-state index in [1.807, 2.05) is 13.2 Å². The summed E-state index contributed by atoms with van der Waals surface area (Å²) in [5, 5.41) is 2.51. The van der Waals surface area contributed by atoms with E-state index in [4.69, 9.17) is 4.74 Å². The molecule has 2 amide bonds. The quantitative estimate of drug-likeness (QED) is 0.711. The number of esters is 1. The highest BCUT2D eigenvalue weighted by Crippen LogP contribution is 2.03. The molecule has 0 saturated carbocycles. The predicted octanol–water partition coefficient (Wildman–Crippen LogP) is 0.942. The third-order valence-corrected chi connectivity index (χ3v) is 2.89. The monoisotopic (exact) mass is 248 g/mol. The first-order valence-corrected chi connectivity index (χ1v) is 6.57. The Bertz CT molecular complexity index is 236. The molecule has 0 bridgehead atoms. The molecule has 0 spiro atoms. The van der Waals surface area contributed by atoms with Gasteiger partial charge in [0.25, 0.3) is 0 Å².